The van der Waals surface area contributed by atoms with Crippen molar-refractivity contribution in [2.24, 2.45) is 0 Å². The van der Waals surface area contributed by atoms with E-state index in [0.29, 0.717) is 18.9 Å². The lowest BCUT2D eigenvalue weighted by Gasteiger charge is -2.14. The van der Waals surface area contributed by atoms with Gasteiger partial charge in [0.1, 0.15) is 17.4 Å². The van der Waals surface area contributed by atoms with E-state index < -0.39 is 0 Å². The first-order valence-corrected chi connectivity index (χ1v) is 11.0. The fourth-order valence-corrected chi connectivity index (χ4v) is 4.17. The Hall–Kier alpha value is -2.45. The van der Waals surface area contributed by atoms with Crippen molar-refractivity contribution in [2.45, 2.75) is 37.1 Å². The van der Waals surface area contributed by atoms with E-state index in [4.69, 9.17) is 9.47 Å². The summed E-state index contributed by atoms with van der Waals surface area (Å²) in [7, 11) is 0. The van der Waals surface area contributed by atoms with Crippen LogP contribution in [0.2, 0.25) is 0 Å². The molecule has 1 atom stereocenters. The first kappa shape index (κ1) is 20.8. The van der Waals surface area contributed by atoms with Crippen LogP contribution in [0.3, 0.4) is 0 Å². The molecule has 1 unspecified atom stereocenters. The van der Waals surface area contributed by atoms with Gasteiger partial charge in [0.25, 0.3) is 0 Å². The summed E-state index contributed by atoms with van der Waals surface area (Å²) in [6, 6.07) is 12.3. The fourth-order valence-electron chi connectivity index (χ4n) is 3.31. The summed E-state index contributed by atoms with van der Waals surface area (Å²) in [5.74, 6) is 1.62. The molecule has 4 rings (SSSR count). The molecule has 2 aromatic carbocycles. The molecule has 158 valence electrons. The highest BCUT2D eigenvalue weighted by Crippen LogP contribution is 2.27. The Balaban J connectivity index is 1.38. The van der Waals surface area contributed by atoms with Gasteiger partial charge in [0.2, 0.25) is 0 Å². The van der Waals surface area contributed by atoms with Crippen LogP contribution in [0.1, 0.15) is 19.3 Å². The molecule has 2 heterocycles. The summed E-state index contributed by atoms with van der Waals surface area (Å²) in [5.41, 5.74) is 0.827. The van der Waals surface area contributed by atoms with Gasteiger partial charge >= 0.3 is 0 Å². The van der Waals surface area contributed by atoms with Gasteiger partial charge in [-0.3, -0.25) is 4.57 Å². The van der Waals surface area contributed by atoms with Crippen LogP contribution in [0.4, 0.5) is 8.78 Å². The highest BCUT2D eigenvalue weighted by Gasteiger charge is 2.21. The maximum absolute atomic E-state index is 13.3. The van der Waals surface area contributed by atoms with Crippen molar-refractivity contribution in [3.05, 3.63) is 60.2 Å². The highest BCUT2D eigenvalue weighted by molar-refractivity contribution is 7.99. The zero-order chi connectivity index (χ0) is 20.8. The van der Waals surface area contributed by atoms with E-state index in [0.717, 1.165) is 48.2 Å². The molecule has 5 nitrogen and oxygen atoms in total. The number of ether oxygens (including phenoxy) is 2. The van der Waals surface area contributed by atoms with E-state index in [9.17, 15) is 8.78 Å². The Kier molecular flexibility index (Phi) is 6.96. The molecular weight excluding hydrogens is 408 g/mol. The van der Waals surface area contributed by atoms with Crippen molar-refractivity contribution in [3.8, 4) is 17.1 Å². The third kappa shape index (κ3) is 5.37. The van der Waals surface area contributed by atoms with E-state index in [-0.39, 0.29) is 17.7 Å². The van der Waals surface area contributed by atoms with Crippen LogP contribution < -0.4 is 4.74 Å². The van der Waals surface area contributed by atoms with Gasteiger partial charge in [-0.15, -0.1) is 10.2 Å². The standard InChI is InChI=1S/C22H23F2N3O2S/c23-17-6-4-16(5-7-17)21-25-26-22(27(21)15-20-3-1-12-29-20)30-14-2-13-28-19-10-8-18(24)9-11-19/h4-11,20H,1-3,12-15H2. The van der Waals surface area contributed by atoms with Gasteiger partial charge in [-0.05, 0) is 67.8 Å². The molecule has 0 N–H and O–H groups in total. The predicted octanol–water partition coefficient (Wildman–Crippen LogP) is 4.96. The molecule has 0 bridgehead atoms. The zero-order valence-corrected chi connectivity index (χ0v) is 17.3. The van der Waals surface area contributed by atoms with Gasteiger partial charge in [-0.25, -0.2) is 8.78 Å². The minimum atomic E-state index is -0.278. The second-order valence-electron chi connectivity index (χ2n) is 7.06. The zero-order valence-electron chi connectivity index (χ0n) is 16.5. The van der Waals surface area contributed by atoms with Gasteiger partial charge < -0.3 is 9.47 Å². The number of halogens is 2. The van der Waals surface area contributed by atoms with E-state index in [1.165, 1.54) is 24.3 Å². The maximum atomic E-state index is 13.3. The highest BCUT2D eigenvalue weighted by atomic mass is 32.2. The number of nitrogens with zero attached hydrogens (tertiary/aromatic N) is 3. The third-order valence-electron chi connectivity index (χ3n) is 4.83. The molecule has 0 spiro atoms. The first-order valence-electron chi connectivity index (χ1n) is 10.0. The average Bonchev–Trinajstić information content (AvgIpc) is 3.41. The predicted molar refractivity (Wildman–Crippen MR) is 112 cm³/mol. The molecule has 0 aliphatic carbocycles. The SMILES string of the molecule is Fc1ccc(OCCCSc2nnc(-c3ccc(F)cc3)n2CC2CCCO2)cc1. The summed E-state index contributed by atoms with van der Waals surface area (Å²) in [6.45, 7) is 1.99. The second-order valence-corrected chi connectivity index (χ2v) is 8.13. The number of hydrogen-bond acceptors (Lipinski definition) is 5. The lowest BCUT2D eigenvalue weighted by Crippen LogP contribution is -2.16. The van der Waals surface area contributed by atoms with E-state index in [1.54, 1.807) is 36.0 Å². The molecule has 1 aliphatic heterocycles. The van der Waals surface area contributed by atoms with Gasteiger partial charge in [-0.1, -0.05) is 11.8 Å². The number of rotatable bonds is 9. The minimum Gasteiger partial charge on any atom is -0.494 e. The number of hydrogen-bond donors (Lipinski definition) is 0. The monoisotopic (exact) mass is 431 g/mol. The van der Waals surface area contributed by atoms with Crippen molar-refractivity contribution >= 4 is 11.8 Å². The minimum absolute atomic E-state index is 0.140. The molecule has 3 aromatic rings. The molecule has 0 amide bonds. The number of aromatic nitrogens is 3. The Morgan fingerprint density at radius 3 is 2.47 bits per heavy atom. The Morgan fingerprint density at radius 2 is 1.77 bits per heavy atom. The molecule has 1 fully saturated rings. The Labute approximate surface area is 178 Å². The smallest absolute Gasteiger partial charge is 0.191 e. The van der Waals surface area contributed by atoms with Crippen LogP contribution >= 0.6 is 11.8 Å². The third-order valence-corrected chi connectivity index (χ3v) is 5.88. The van der Waals surface area contributed by atoms with Crippen LogP contribution in [-0.4, -0.2) is 39.8 Å². The van der Waals surface area contributed by atoms with E-state index >= 15 is 0 Å². The number of thioether (sulfide) groups is 1. The van der Waals surface area contributed by atoms with E-state index in [1.807, 2.05) is 0 Å². The molecule has 1 aliphatic rings. The van der Waals surface area contributed by atoms with Crippen LogP contribution in [0, 0.1) is 11.6 Å². The van der Waals surface area contributed by atoms with E-state index in [2.05, 4.69) is 14.8 Å². The van der Waals surface area contributed by atoms with Gasteiger partial charge in [0.05, 0.1) is 19.3 Å². The van der Waals surface area contributed by atoms with Crippen molar-refractivity contribution in [3.63, 3.8) is 0 Å². The molecule has 0 saturated carbocycles. The topological polar surface area (TPSA) is 49.2 Å². The summed E-state index contributed by atoms with van der Waals surface area (Å²) in [6.07, 6.45) is 3.01. The van der Waals surface area contributed by atoms with Crippen molar-refractivity contribution in [2.75, 3.05) is 19.0 Å². The quantitative estimate of drug-likeness (QED) is 0.354. The summed E-state index contributed by atoms with van der Waals surface area (Å²) in [4.78, 5) is 0. The maximum Gasteiger partial charge on any atom is 0.191 e. The van der Waals surface area contributed by atoms with Gasteiger partial charge in [-0.2, -0.15) is 0 Å². The first-order chi connectivity index (χ1) is 14.7. The summed E-state index contributed by atoms with van der Waals surface area (Å²) < 4.78 is 39.8. The van der Waals surface area contributed by atoms with Crippen molar-refractivity contribution < 1.29 is 18.3 Å². The fraction of sp³-hybridized carbons (Fsp3) is 0.364. The molecular formula is C22H23F2N3O2S. The lowest BCUT2D eigenvalue weighted by molar-refractivity contribution is 0.0953. The van der Waals surface area contributed by atoms with Gasteiger partial charge in [0.15, 0.2) is 11.0 Å². The second kappa shape index (κ2) is 10.0. The molecule has 1 saturated heterocycles. The largest absolute Gasteiger partial charge is 0.494 e. The normalized spacial score (nSPS) is 16.1. The Morgan fingerprint density at radius 1 is 1.03 bits per heavy atom. The molecule has 1 aromatic heterocycles. The van der Waals surface area contributed by atoms with Crippen LogP contribution in [0.5, 0.6) is 5.75 Å². The number of benzene rings is 2. The van der Waals surface area contributed by atoms with Crippen LogP contribution in [0.25, 0.3) is 11.4 Å². The average molecular weight is 432 g/mol. The van der Waals surface area contributed by atoms with Crippen molar-refractivity contribution in [1.29, 1.82) is 0 Å². The molecule has 8 heteroatoms. The lowest BCUT2D eigenvalue weighted by atomic mass is 10.2. The Bertz CT molecular complexity index is 942. The summed E-state index contributed by atoms with van der Waals surface area (Å²) >= 11 is 1.61. The van der Waals surface area contributed by atoms with Crippen LogP contribution in [-0.2, 0) is 11.3 Å². The summed E-state index contributed by atoms with van der Waals surface area (Å²) in [5, 5.41) is 9.54. The van der Waals surface area contributed by atoms with Gasteiger partial charge in [0, 0.05) is 17.9 Å². The molecule has 0 radical (unpaired) electrons. The van der Waals surface area contributed by atoms with Crippen molar-refractivity contribution in [1.82, 2.24) is 14.8 Å². The van der Waals surface area contributed by atoms with Crippen LogP contribution in [0.15, 0.2) is 53.7 Å². The molecule has 30 heavy (non-hydrogen) atoms.